The predicted octanol–water partition coefficient (Wildman–Crippen LogP) is 1.06. The van der Waals surface area contributed by atoms with E-state index in [9.17, 15) is 8.42 Å². The standard InChI is InChI=1S/C10H21NO2S/c1-10(2,3)8-11-6-9-4-5-14(12,13)7-9/h9,11H,4-8H2,1-3H3. The zero-order valence-electron chi connectivity index (χ0n) is 9.34. The summed E-state index contributed by atoms with van der Waals surface area (Å²) in [5.74, 6) is 1.10. The van der Waals surface area contributed by atoms with E-state index in [4.69, 9.17) is 0 Å². The summed E-state index contributed by atoms with van der Waals surface area (Å²) in [6.45, 7) is 8.31. The Morgan fingerprint density at radius 1 is 1.36 bits per heavy atom. The molecule has 1 unspecified atom stereocenters. The van der Waals surface area contributed by atoms with Crippen molar-refractivity contribution in [3.05, 3.63) is 0 Å². The lowest BCUT2D eigenvalue weighted by molar-refractivity contribution is 0.364. The molecular weight excluding hydrogens is 198 g/mol. The summed E-state index contributed by atoms with van der Waals surface area (Å²) in [5, 5.41) is 3.34. The maximum absolute atomic E-state index is 11.2. The lowest BCUT2D eigenvalue weighted by Gasteiger charge is -2.20. The van der Waals surface area contributed by atoms with Crippen LogP contribution in [0.2, 0.25) is 0 Å². The van der Waals surface area contributed by atoms with Crippen LogP contribution < -0.4 is 5.32 Å². The molecule has 0 saturated carbocycles. The van der Waals surface area contributed by atoms with Crippen molar-refractivity contribution in [1.29, 1.82) is 0 Å². The molecule has 1 aliphatic rings. The molecule has 0 radical (unpaired) electrons. The van der Waals surface area contributed by atoms with Crippen molar-refractivity contribution in [2.45, 2.75) is 27.2 Å². The lowest BCUT2D eigenvalue weighted by Crippen LogP contribution is -2.31. The molecule has 0 aromatic heterocycles. The van der Waals surface area contributed by atoms with Crippen molar-refractivity contribution in [2.75, 3.05) is 24.6 Å². The van der Waals surface area contributed by atoms with Gasteiger partial charge in [0.2, 0.25) is 0 Å². The highest BCUT2D eigenvalue weighted by atomic mass is 32.2. The molecule has 1 atom stereocenters. The first kappa shape index (κ1) is 12.0. The van der Waals surface area contributed by atoms with Crippen LogP contribution in [0.5, 0.6) is 0 Å². The summed E-state index contributed by atoms with van der Waals surface area (Å²) in [6.07, 6.45) is 0.833. The van der Waals surface area contributed by atoms with Gasteiger partial charge in [0.15, 0.2) is 9.84 Å². The van der Waals surface area contributed by atoms with E-state index in [0.29, 0.717) is 17.4 Å². The molecule has 0 aromatic carbocycles. The Balaban J connectivity index is 2.22. The van der Waals surface area contributed by atoms with E-state index in [1.165, 1.54) is 0 Å². The van der Waals surface area contributed by atoms with Crippen molar-refractivity contribution in [3.63, 3.8) is 0 Å². The van der Waals surface area contributed by atoms with Gasteiger partial charge in [0, 0.05) is 0 Å². The number of hydrogen-bond donors (Lipinski definition) is 1. The maximum atomic E-state index is 11.2. The smallest absolute Gasteiger partial charge is 0.150 e. The second kappa shape index (κ2) is 4.19. The van der Waals surface area contributed by atoms with Crippen molar-refractivity contribution >= 4 is 9.84 Å². The van der Waals surface area contributed by atoms with Crippen LogP contribution in [0.4, 0.5) is 0 Å². The van der Waals surface area contributed by atoms with Crippen LogP contribution in [0.3, 0.4) is 0 Å². The van der Waals surface area contributed by atoms with Gasteiger partial charge in [0.05, 0.1) is 11.5 Å². The van der Waals surface area contributed by atoms with Gasteiger partial charge in [0.1, 0.15) is 0 Å². The van der Waals surface area contributed by atoms with E-state index < -0.39 is 9.84 Å². The highest BCUT2D eigenvalue weighted by molar-refractivity contribution is 7.91. The Bertz CT molecular complexity index is 277. The van der Waals surface area contributed by atoms with E-state index in [1.807, 2.05) is 0 Å². The van der Waals surface area contributed by atoms with Gasteiger partial charge in [-0.25, -0.2) is 8.42 Å². The molecule has 1 N–H and O–H groups in total. The Kier molecular flexibility index (Phi) is 3.58. The molecule has 1 rings (SSSR count). The quantitative estimate of drug-likeness (QED) is 0.772. The monoisotopic (exact) mass is 219 g/mol. The fourth-order valence-electron chi connectivity index (χ4n) is 1.68. The van der Waals surface area contributed by atoms with E-state index in [2.05, 4.69) is 26.1 Å². The molecule has 0 aliphatic carbocycles. The largest absolute Gasteiger partial charge is 0.316 e. The Hall–Kier alpha value is -0.0900. The molecule has 1 fully saturated rings. The SMILES string of the molecule is CC(C)(C)CNCC1CCS(=O)(=O)C1. The summed E-state index contributed by atoms with van der Waals surface area (Å²) in [7, 11) is -2.70. The van der Waals surface area contributed by atoms with Gasteiger partial charge in [-0.15, -0.1) is 0 Å². The lowest BCUT2D eigenvalue weighted by atomic mass is 9.96. The van der Waals surface area contributed by atoms with Gasteiger partial charge in [-0.1, -0.05) is 20.8 Å². The number of nitrogens with one attached hydrogen (secondary N) is 1. The molecular formula is C10H21NO2S. The molecule has 1 saturated heterocycles. The molecule has 0 amide bonds. The van der Waals surface area contributed by atoms with Crippen LogP contribution in [-0.2, 0) is 9.84 Å². The maximum Gasteiger partial charge on any atom is 0.150 e. The fourth-order valence-corrected chi connectivity index (χ4v) is 3.55. The average molecular weight is 219 g/mol. The molecule has 1 aliphatic heterocycles. The third-order valence-corrected chi connectivity index (χ3v) is 4.25. The number of rotatable bonds is 3. The summed E-state index contributed by atoms with van der Waals surface area (Å²) >= 11 is 0. The number of hydrogen-bond acceptors (Lipinski definition) is 3. The first-order valence-corrected chi connectivity index (χ1v) is 7.02. The minimum atomic E-state index is -2.70. The highest BCUT2D eigenvalue weighted by Gasteiger charge is 2.27. The van der Waals surface area contributed by atoms with Gasteiger partial charge in [-0.05, 0) is 30.8 Å². The topological polar surface area (TPSA) is 46.2 Å². The molecule has 0 spiro atoms. The Morgan fingerprint density at radius 2 is 2.00 bits per heavy atom. The summed E-state index contributed by atoms with van der Waals surface area (Å²) in [4.78, 5) is 0. The number of sulfone groups is 1. The van der Waals surface area contributed by atoms with Crippen LogP contribution in [0.1, 0.15) is 27.2 Å². The minimum Gasteiger partial charge on any atom is -0.316 e. The molecule has 0 bridgehead atoms. The zero-order valence-corrected chi connectivity index (χ0v) is 10.2. The minimum absolute atomic E-state index is 0.275. The van der Waals surface area contributed by atoms with E-state index >= 15 is 0 Å². The van der Waals surface area contributed by atoms with Crippen molar-refractivity contribution in [3.8, 4) is 0 Å². The Morgan fingerprint density at radius 3 is 2.43 bits per heavy atom. The average Bonchev–Trinajstić information content (AvgIpc) is 2.27. The molecule has 0 aromatic rings. The first-order chi connectivity index (χ1) is 6.29. The van der Waals surface area contributed by atoms with Crippen LogP contribution in [0, 0.1) is 11.3 Å². The summed E-state index contributed by atoms with van der Waals surface area (Å²) in [6, 6.07) is 0. The fraction of sp³-hybridized carbons (Fsp3) is 1.00. The van der Waals surface area contributed by atoms with Crippen LogP contribution >= 0.6 is 0 Å². The molecule has 14 heavy (non-hydrogen) atoms. The van der Waals surface area contributed by atoms with Crippen molar-refractivity contribution in [2.24, 2.45) is 11.3 Å². The van der Waals surface area contributed by atoms with E-state index in [-0.39, 0.29) is 5.41 Å². The zero-order chi connectivity index (χ0) is 10.8. The molecule has 84 valence electrons. The normalized spacial score (nSPS) is 26.6. The van der Waals surface area contributed by atoms with Gasteiger partial charge < -0.3 is 5.32 Å². The van der Waals surface area contributed by atoms with Gasteiger partial charge in [-0.2, -0.15) is 0 Å². The highest BCUT2D eigenvalue weighted by Crippen LogP contribution is 2.18. The van der Waals surface area contributed by atoms with Crippen LogP contribution in [-0.4, -0.2) is 33.0 Å². The third-order valence-electron chi connectivity index (χ3n) is 2.42. The summed E-state index contributed by atoms with van der Waals surface area (Å²) in [5.41, 5.74) is 0.275. The van der Waals surface area contributed by atoms with Crippen molar-refractivity contribution in [1.82, 2.24) is 5.32 Å². The van der Waals surface area contributed by atoms with Gasteiger partial charge in [-0.3, -0.25) is 0 Å². The van der Waals surface area contributed by atoms with E-state index in [1.54, 1.807) is 0 Å². The van der Waals surface area contributed by atoms with Crippen LogP contribution in [0.25, 0.3) is 0 Å². The van der Waals surface area contributed by atoms with Crippen molar-refractivity contribution < 1.29 is 8.42 Å². The summed E-state index contributed by atoms with van der Waals surface area (Å²) < 4.78 is 22.3. The van der Waals surface area contributed by atoms with E-state index in [0.717, 1.165) is 19.5 Å². The first-order valence-electron chi connectivity index (χ1n) is 5.20. The molecule has 4 heteroatoms. The Labute approximate surface area is 87.2 Å². The van der Waals surface area contributed by atoms with Gasteiger partial charge >= 0.3 is 0 Å². The van der Waals surface area contributed by atoms with Crippen LogP contribution in [0.15, 0.2) is 0 Å². The molecule has 3 nitrogen and oxygen atoms in total. The predicted molar refractivity (Wildman–Crippen MR) is 59.1 cm³/mol. The second-order valence-electron chi connectivity index (χ2n) is 5.46. The molecule has 1 heterocycles. The third kappa shape index (κ3) is 4.42. The van der Waals surface area contributed by atoms with Gasteiger partial charge in [0.25, 0.3) is 0 Å². The second-order valence-corrected chi connectivity index (χ2v) is 7.69.